The minimum atomic E-state index is 0.669. The van der Waals surface area contributed by atoms with Crippen molar-refractivity contribution in [3.05, 3.63) is 0 Å². The minimum absolute atomic E-state index is 0.669. The fraction of sp³-hybridized carbons (Fsp3) is 1.00. The molecule has 4 unspecified atom stereocenters. The van der Waals surface area contributed by atoms with Crippen LogP contribution in [0.3, 0.4) is 0 Å². The minimum Gasteiger partial charge on any atom is -0.0683 e. The van der Waals surface area contributed by atoms with Crippen LogP contribution in [0.2, 0.25) is 0 Å². The number of rotatable bonds is 6. The number of fused-ring (bicyclic) bond motifs is 5. The second-order valence-electron chi connectivity index (χ2n) is 14.7. The van der Waals surface area contributed by atoms with Crippen molar-refractivity contribution in [1.82, 2.24) is 0 Å². The summed E-state index contributed by atoms with van der Waals surface area (Å²) in [6.45, 7) is 19.4. The Labute approximate surface area is 222 Å². The van der Waals surface area contributed by atoms with Crippen molar-refractivity contribution in [3.63, 3.8) is 0 Å². The van der Waals surface area contributed by atoms with Crippen molar-refractivity contribution in [3.8, 4) is 0 Å². The van der Waals surface area contributed by atoms with E-state index in [0.717, 1.165) is 47.3 Å². The van der Waals surface area contributed by atoms with Gasteiger partial charge in [0.1, 0.15) is 0 Å². The van der Waals surface area contributed by atoms with Gasteiger partial charge in [-0.1, -0.05) is 107 Å². The maximum absolute atomic E-state index is 2.76. The van der Waals surface area contributed by atoms with E-state index in [0.29, 0.717) is 10.8 Å². The Morgan fingerprint density at radius 3 is 1.94 bits per heavy atom. The maximum Gasteiger partial charge on any atom is -0.0264 e. The second kappa shape index (κ2) is 13.2. The van der Waals surface area contributed by atoms with Crippen LogP contribution in [-0.2, 0) is 0 Å². The lowest BCUT2D eigenvalue weighted by Crippen LogP contribution is -2.53. The molecule has 0 heteroatoms. The Hall–Kier alpha value is 0. The van der Waals surface area contributed by atoms with E-state index in [-0.39, 0.29) is 0 Å². The fourth-order valence-corrected chi connectivity index (χ4v) is 9.99. The third-order valence-electron chi connectivity index (χ3n) is 12.6. The predicted molar refractivity (Wildman–Crippen MR) is 157 cm³/mol. The molecule has 35 heavy (non-hydrogen) atoms. The lowest BCUT2D eigenvalue weighted by molar-refractivity contribution is -0.121. The van der Waals surface area contributed by atoms with Gasteiger partial charge < -0.3 is 0 Å². The monoisotopic (exact) mass is 487 g/mol. The molecule has 0 spiro atoms. The number of hydrogen-bond donors (Lipinski definition) is 0. The van der Waals surface area contributed by atoms with E-state index in [2.05, 4.69) is 41.5 Å². The molecule has 0 saturated heterocycles. The summed E-state index contributed by atoms with van der Waals surface area (Å²) >= 11 is 0. The van der Waals surface area contributed by atoms with Gasteiger partial charge in [0.25, 0.3) is 0 Å². The van der Waals surface area contributed by atoms with Crippen LogP contribution in [0.15, 0.2) is 0 Å². The lowest BCUT2D eigenvalue weighted by atomic mass is 9.44. The average Bonchev–Trinajstić information content (AvgIpc) is 3.16. The predicted octanol–water partition coefficient (Wildman–Crippen LogP) is 11.7. The van der Waals surface area contributed by atoms with Crippen LogP contribution in [0.25, 0.3) is 0 Å². The van der Waals surface area contributed by atoms with Gasteiger partial charge in [-0.15, -0.1) is 0 Å². The van der Waals surface area contributed by atoms with Crippen LogP contribution in [0.4, 0.5) is 0 Å². The van der Waals surface area contributed by atoms with Gasteiger partial charge in [-0.25, -0.2) is 0 Å². The van der Waals surface area contributed by atoms with E-state index >= 15 is 0 Å². The van der Waals surface area contributed by atoms with Gasteiger partial charge in [-0.3, -0.25) is 0 Å². The highest BCUT2D eigenvalue weighted by molar-refractivity contribution is 5.09. The molecule has 5 aliphatic carbocycles. The largest absolute Gasteiger partial charge is 0.0683 e. The third kappa shape index (κ3) is 6.36. The summed E-state index contributed by atoms with van der Waals surface area (Å²) in [4.78, 5) is 0. The van der Waals surface area contributed by atoms with E-state index in [9.17, 15) is 0 Å². The van der Waals surface area contributed by atoms with Crippen molar-refractivity contribution in [2.75, 3.05) is 0 Å². The molecule has 0 radical (unpaired) electrons. The number of hydrogen-bond acceptors (Lipinski definition) is 0. The summed E-state index contributed by atoms with van der Waals surface area (Å²) in [6.07, 6.45) is 25.8. The van der Waals surface area contributed by atoms with Gasteiger partial charge in [0.2, 0.25) is 0 Å². The highest BCUT2D eigenvalue weighted by Gasteiger charge is 2.60. The molecule has 0 aromatic carbocycles. The molecule has 5 saturated carbocycles. The van der Waals surface area contributed by atoms with Gasteiger partial charge in [-0.2, -0.15) is 0 Å². The molecule has 0 amide bonds. The zero-order valence-electron chi connectivity index (χ0n) is 25.6. The summed E-state index contributed by atoms with van der Waals surface area (Å²) in [6, 6.07) is 0. The standard InChI is InChI=1S/C29H52.C4H8.C2H6/c1-7-22-15-17-28(5)23(19-22)11-12-24-26-14-13-25(21(4)10-8-9-20(2)3)29(26,6)18-16-27(24)28;1-2-4-3-1;1-2/h20-27H,7-19H2,1-6H3;1-4H2;1-2H3/t21-,22+,23+,24+,25?,26+,27?,28?,29?;;/m1../s1. The molecule has 5 fully saturated rings. The summed E-state index contributed by atoms with van der Waals surface area (Å²) < 4.78 is 0. The summed E-state index contributed by atoms with van der Waals surface area (Å²) in [7, 11) is 0. The van der Waals surface area contributed by atoms with Crippen LogP contribution in [0.5, 0.6) is 0 Å². The highest BCUT2D eigenvalue weighted by Crippen LogP contribution is 2.68. The molecule has 0 bridgehead atoms. The normalized spacial score (nSPS) is 42.8. The Bertz CT molecular complexity index is 597. The first-order chi connectivity index (χ1) is 16.8. The van der Waals surface area contributed by atoms with Crippen molar-refractivity contribution >= 4 is 0 Å². The van der Waals surface area contributed by atoms with Gasteiger partial charge >= 0.3 is 0 Å². The molecule has 0 aliphatic heterocycles. The van der Waals surface area contributed by atoms with E-state index in [1.54, 1.807) is 51.4 Å². The SMILES string of the molecule is C1CCC1.CC.CC[C@H]1CCC2(C)C3CCC4(C)C([C@H](C)CCCC(C)C)CC[C@H]4[C@@H]3CC[C@H]2C1. The molecule has 0 nitrogen and oxygen atoms in total. The molecule has 0 N–H and O–H groups in total. The van der Waals surface area contributed by atoms with Gasteiger partial charge in [0.15, 0.2) is 0 Å². The molecule has 5 aliphatic rings. The quantitative estimate of drug-likeness (QED) is 0.350. The van der Waals surface area contributed by atoms with Crippen molar-refractivity contribution < 1.29 is 0 Å². The third-order valence-corrected chi connectivity index (χ3v) is 12.6. The Balaban J connectivity index is 0.000000508. The molecule has 0 aromatic rings. The lowest BCUT2D eigenvalue weighted by Gasteiger charge is -2.61. The summed E-state index contributed by atoms with van der Waals surface area (Å²) in [5.41, 5.74) is 1.36. The van der Waals surface area contributed by atoms with Crippen molar-refractivity contribution in [1.29, 1.82) is 0 Å². The topological polar surface area (TPSA) is 0 Å². The molecule has 5 rings (SSSR count). The van der Waals surface area contributed by atoms with E-state index in [4.69, 9.17) is 0 Å². The zero-order chi connectivity index (χ0) is 25.6. The Kier molecular flexibility index (Phi) is 11.1. The molecule has 0 aromatic heterocycles. The van der Waals surface area contributed by atoms with E-state index in [1.165, 1.54) is 57.8 Å². The average molecular weight is 487 g/mol. The smallest absolute Gasteiger partial charge is 0.0264 e. The molecule has 9 atom stereocenters. The van der Waals surface area contributed by atoms with Crippen molar-refractivity contribution in [2.45, 2.75) is 165 Å². The zero-order valence-corrected chi connectivity index (χ0v) is 25.6. The first-order valence-electron chi connectivity index (χ1n) is 16.8. The molecular weight excluding hydrogens is 420 g/mol. The van der Waals surface area contributed by atoms with E-state index in [1.807, 2.05) is 13.8 Å². The van der Waals surface area contributed by atoms with Crippen LogP contribution in [0.1, 0.15) is 165 Å². The molecule has 206 valence electrons. The van der Waals surface area contributed by atoms with Crippen LogP contribution in [0, 0.1) is 58.2 Å². The van der Waals surface area contributed by atoms with Crippen LogP contribution in [-0.4, -0.2) is 0 Å². The fourth-order valence-electron chi connectivity index (χ4n) is 9.99. The first-order valence-corrected chi connectivity index (χ1v) is 16.8. The van der Waals surface area contributed by atoms with Gasteiger partial charge in [0.05, 0.1) is 0 Å². The summed E-state index contributed by atoms with van der Waals surface area (Å²) in [5.74, 6) is 8.13. The Morgan fingerprint density at radius 1 is 0.714 bits per heavy atom. The molecular formula is C35H66. The van der Waals surface area contributed by atoms with E-state index < -0.39 is 0 Å². The van der Waals surface area contributed by atoms with Crippen LogP contribution < -0.4 is 0 Å². The summed E-state index contributed by atoms with van der Waals surface area (Å²) in [5, 5.41) is 0. The van der Waals surface area contributed by atoms with Crippen LogP contribution >= 0.6 is 0 Å². The van der Waals surface area contributed by atoms with Gasteiger partial charge in [-0.05, 0) is 116 Å². The van der Waals surface area contributed by atoms with Gasteiger partial charge in [0, 0.05) is 0 Å². The highest BCUT2D eigenvalue weighted by atomic mass is 14.6. The second-order valence-corrected chi connectivity index (χ2v) is 14.7. The van der Waals surface area contributed by atoms with Crippen molar-refractivity contribution in [2.24, 2.45) is 58.2 Å². The Morgan fingerprint density at radius 2 is 1.34 bits per heavy atom. The molecule has 0 heterocycles. The first kappa shape index (κ1) is 29.6. The maximum atomic E-state index is 2.76.